The summed E-state index contributed by atoms with van der Waals surface area (Å²) in [5, 5.41) is 5.56. The molecule has 0 aliphatic carbocycles. The average molecular weight is 221 g/mol. The molecule has 4 nitrogen and oxygen atoms in total. The molecular formula is C12H19N3O. The highest BCUT2D eigenvalue weighted by molar-refractivity contribution is 5.90. The van der Waals surface area contributed by atoms with Crippen LogP contribution in [-0.2, 0) is 0 Å². The quantitative estimate of drug-likeness (QED) is 0.732. The topological polar surface area (TPSA) is 67.2 Å². The molecular weight excluding hydrogens is 202 g/mol. The first-order valence-corrected chi connectivity index (χ1v) is 5.42. The van der Waals surface area contributed by atoms with Crippen LogP contribution in [0, 0.1) is 0 Å². The van der Waals surface area contributed by atoms with Gasteiger partial charge in [-0.2, -0.15) is 0 Å². The van der Waals surface area contributed by atoms with E-state index < -0.39 is 0 Å². The van der Waals surface area contributed by atoms with Crippen molar-refractivity contribution in [2.75, 3.05) is 5.32 Å². The largest absolute Gasteiger partial charge is 0.336 e. The maximum atomic E-state index is 11.5. The zero-order valence-electron chi connectivity index (χ0n) is 9.95. The van der Waals surface area contributed by atoms with E-state index in [4.69, 9.17) is 5.73 Å². The molecule has 0 bridgehead atoms. The molecule has 0 fully saturated rings. The Bertz CT molecular complexity index is 361. The molecule has 0 saturated carbocycles. The first-order chi connectivity index (χ1) is 7.50. The number of anilines is 1. The number of nitrogens with one attached hydrogen (secondary N) is 2. The van der Waals surface area contributed by atoms with Crippen LogP contribution in [0.3, 0.4) is 0 Å². The molecule has 1 rings (SSSR count). The number of para-hydroxylation sites is 1. The Morgan fingerprint density at radius 2 is 1.88 bits per heavy atom. The summed E-state index contributed by atoms with van der Waals surface area (Å²) in [6, 6.07) is 7.34. The van der Waals surface area contributed by atoms with Crippen LogP contribution < -0.4 is 16.4 Å². The zero-order chi connectivity index (χ0) is 12.1. The lowest BCUT2D eigenvalue weighted by molar-refractivity contribution is 0.250. The molecule has 16 heavy (non-hydrogen) atoms. The van der Waals surface area contributed by atoms with Crippen LogP contribution in [0.15, 0.2) is 24.3 Å². The van der Waals surface area contributed by atoms with Crippen molar-refractivity contribution < 1.29 is 4.79 Å². The number of rotatable bonds is 3. The second-order valence-corrected chi connectivity index (χ2v) is 4.13. The summed E-state index contributed by atoms with van der Waals surface area (Å²) in [6.45, 7) is 5.72. The van der Waals surface area contributed by atoms with Crippen molar-refractivity contribution in [2.24, 2.45) is 5.73 Å². The number of hydrogen-bond donors (Lipinski definition) is 3. The van der Waals surface area contributed by atoms with E-state index in [0.717, 1.165) is 11.3 Å². The smallest absolute Gasteiger partial charge is 0.319 e. The third-order valence-corrected chi connectivity index (χ3v) is 2.12. The fourth-order valence-electron chi connectivity index (χ4n) is 1.43. The molecule has 0 aliphatic rings. The van der Waals surface area contributed by atoms with Crippen molar-refractivity contribution in [1.29, 1.82) is 0 Å². The first kappa shape index (κ1) is 12.5. The van der Waals surface area contributed by atoms with E-state index in [1.807, 2.05) is 45.0 Å². The lowest BCUT2D eigenvalue weighted by Gasteiger charge is -2.15. The van der Waals surface area contributed by atoms with Gasteiger partial charge in [0.05, 0.1) is 0 Å². The summed E-state index contributed by atoms with van der Waals surface area (Å²) >= 11 is 0. The Morgan fingerprint density at radius 3 is 2.44 bits per heavy atom. The fraction of sp³-hybridized carbons (Fsp3) is 0.417. The van der Waals surface area contributed by atoms with E-state index in [-0.39, 0.29) is 18.1 Å². The average Bonchev–Trinajstić information content (AvgIpc) is 2.16. The van der Waals surface area contributed by atoms with Crippen molar-refractivity contribution in [3.8, 4) is 0 Å². The maximum absolute atomic E-state index is 11.5. The molecule has 4 heteroatoms. The molecule has 0 saturated heterocycles. The number of carbonyl (C=O) groups is 1. The molecule has 1 aromatic rings. The SMILES string of the molecule is CC(C)NC(=O)Nc1ccccc1C(C)N. The van der Waals surface area contributed by atoms with E-state index in [1.54, 1.807) is 0 Å². The minimum Gasteiger partial charge on any atom is -0.336 e. The van der Waals surface area contributed by atoms with Gasteiger partial charge >= 0.3 is 6.03 Å². The maximum Gasteiger partial charge on any atom is 0.319 e. The molecule has 2 amide bonds. The van der Waals surface area contributed by atoms with Gasteiger partial charge in [-0.25, -0.2) is 4.79 Å². The predicted octanol–water partition coefficient (Wildman–Crippen LogP) is 2.24. The molecule has 4 N–H and O–H groups in total. The number of nitrogens with two attached hydrogens (primary N) is 1. The van der Waals surface area contributed by atoms with Crippen molar-refractivity contribution in [3.05, 3.63) is 29.8 Å². The third-order valence-electron chi connectivity index (χ3n) is 2.12. The van der Waals surface area contributed by atoms with Crippen LogP contribution in [0.2, 0.25) is 0 Å². The molecule has 0 aromatic heterocycles. The highest BCUT2D eigenvalue weighted by Crippen LogP contribution is 2.20. The zero-order valence-corrected chi connectivity index (χ0v) is 9.95. The molecule has 0 heterocycles. The summed E-state index contributed by atoms with van der Waals surface area (Å²) in [5.74, 6) is 0. The second-order valence-electron chi connectivity index (χ2n) is 4.13. The summed E-state index contributed by atoms with van der Waals surface area (Å²) in [6.07, 6.45) is 0. The standard InChI is InChI=1S/C12H19N3O/c1-8(2)14-12(16)15-11-7-5-4-6-10(11)9(3)13/h4-9H,13H2,1-3H3,(H2,14,15,16). The molecule has 0 aliphatic heterocycles. The van der Waals surface area contributed by atoms with E-state index >= 15 is 0 Å². The van der Waals surface area contributed by atoms with Gasteiger partial charge in [-0.15, -0.1) is 0 Å². The molecule has 1 atom stereocenters. The lowest BCUT2D eigenvalue weighted by Crippen LogP contribution is -2.34. The summed E-state index contributed by atoms with van der Waals surface area (Å²) in [5.41, 5.74) is 7.51. The van der Waals surface area contributed by atoms with Gasteiger partial charge in [0, 0.05) is 17.8 Å². The minimum atomic E-state index is -0.205. The molecule has 1 unspecified atom stereocenters. The van der Waals surface area contributed by atoms with Crippen LogP contribution in [0.1, 0.15) is 32.4 Å². The predicted molar refractivity (Wildman–Crippen MR) is 66.3 cm³/mol. The first-order valence-electron chi connectivity index (χ1n) is 5.42. The van der Waals surface area contributed by atoms with Crippen molar-refractivity contribution in [3.63, 3.8) is 0 Å². The van der Waals surface area contributed by atoms with Crippen molar-refractivity contribution in [2.45, 2.75) is 32.9 Å². The highest BCUT2D eigenvalue weighted by atomic mass is 16.2. The van der Waals surface area contributed by atoms with Crippen LogP contribution in [0.5, 0.6) is 0 Å². The van der Waals surface area contributed by atoms with Crippen LogP contribution >= 0.6 is 0 Å². The van der Waals surface area contributed by atoms with E-state index in [9.17, 15) is 4.79 Å². The Morgan fingerprint density at radius 1 is 1.25 bits per heavy atom. The van der Waals surface area contributed by atoms with Gasteiger partial charge in [0.2, 0.25) is 0 Å². The Kier molecular flexibility index (Phi) is 4.31. The van der Waals surface area contributed by atoms with Crippen LogP contribution in [0.25, 0.3) is 0 Å². The van der Waals surface area contributed by atoms with E-state index in [2.05, 4.69) is 10.6 Å². The number of hydrogen-bond acceptors (Lipinski definition) is 2. The molecule has 0 radical (unpaired) electrons. The molecule has 0 spiro atoms. The third kappa shape index (κ3) is 3.55. The van der Waals surface area contributed by atoms with Gasteiger partial charge in [0.15, 0.2) is 0 Å². The molecule has 88 valence electrons. The van der Waals surface area contributed by atoms with Gasteiger partial charge in [0.25, 0.3) is 0 Å². The minimum absolute atomic E-state index is 0.101. The molecule has 1 aromatic carbocycles. The van der Waals surface area contributed by atoms with Crippen LogP contribution in [-0.4, -0.2) is 12.1 Å². The number of benzene rings is 1. The van der Waals surface area contributed by atoms with Gasteiger partial charge in [0.1, 0.15) is 0 Å². The Labute approximate surface area is 96.2 Å². The van der Waals surface area contributed by atoms with Crippen LogP contribution in [0.4, 0.5) is 10.5 Å². The summed E-state index contributed by atoms with van der Waals surface area (Å²) < 4.78 is 0. The monoisotopic (exact) mass is 221 g/mol. The van der Waals surface area contributed by atoms with Crippen molar-refractivity contribution in [1.82, 2.24) is 5.32 Å². The second kappa shape index (κ2) is 5.51. The normalized spacial score (nSPS) is 12.3. The highest BCUT2D eigenvalue weighted by Gasteiger charge is 2.09. The van der Waals surface area contributed by atoms with Crippen molar-refractivity contribution >= 4 is 11.7 Å². The number of carbonyl (C=O) groups excluding carboxylic acids is 1. The Balaban J connectivity index is 2.77. The van der Waals surface area contributed by atoms with Gasteiger partial charge in [-0.3, -0.25) is 0 Å². The van der Waals surface area contributed by atoms with Gasteiger partial charge in [-0.05, 0) is 32.4 Å². The number of urea groups is 1. The van der Waals surface area contributed by atoms with E-state index in [1.165, 1.54) is 0 Å². The Hall–Kier alpha value is -1.55. The van der Waals surface area contributed by atoms with Gasteiger partial charge in [-0.1, -0.05) is 18.2 Å². The van der Waals surface area contributed by atoms with Gasteiger partial charge < -0.3 is 16.4 Å². The summed E-state index contributed by atoms with van der Waals surface area (Å²) in [7, 11) is 0. The fourth-order valence-corrected chi connectivity index (χ4v) is 1.43. The summed E-state index contributed by atoms with van der Waals surface area (Å²) in [4.78, 5) is 11.5. The van der Waals surface area contributed by atoms with E-state index in [0.29, 0.717) is 0 Å². The lowest BCUT2D eigenvalue weighted by atomic mass is 10.1. The number of amides is 2.